The van der Waals surface area contributed by atoms with Crippen LogP contribution in [0.5, 0.6) is 0 Å². The second-order valence-electron chi connectivity index (χ2n) is 3.83. The molecular formula is C10H15NO4. The molecule has 0 saturated heterocycles. The van der Waals surface area contributed by atoms with Crippen molar-refractivity contribution in [1.82, 2.24) is 5.32 Å². The fourth-order valence-corrected chi connectivity index (χ4v) is 0.727. The third-order valence-corrected chi connectivity index (χ3v) is 1.22. The normalized spacial score (nSPS) is 12.2. The lowest BCUT2D eigenvalue weighted by atomic mass is 10.2. The zero-order valence-corrected chi connectivity index (χ0v) is 9.03. The lowest BCUT2D eigenvalue weighted by Crippen LogP contribution is -2.42. The highest BCUT2D eigenvalue weighted by Gasteiger charge is 2.21. The second-order valence-corrected chi connectivity index (χ2v) is 3.83. The molecule has 0 rings (SSSR count). The van der Waals surface area contributed by atoms with Crippen LogP contribution in [0.3, 0.4) is 0 Å². The van der Waals surface area contributed by atoms with Crippen LogP contribution in [-0.4, -0.2) is 28.8 Å². The molecule has 0 fully saturated rings. The van der Waals surface area contributed by atoms with Gasteiger partial charge in [-0.05, 0) is 26.8 Å². The number of carboxylic acids is 1. The smallest absolute Gasteiger partial charge is 0.408 e. The van der Waals surface area contributed by atoms with Crippen molar-refractivity contribution in [2.45, 2.75) is 32.4 Å². The number of carboxylic acid groups (broad SMARTS) is 1. The SMILES string of the molecule is C=C=C[C@H](NC(=O)OC(C)(C)C)C(=O)O. The van der Waals surface area contributed by atoms with Gasteiger partial charge in [-0.15, -0.1) is 5.73 Å². The van der Waals surface area contributed by atoms with Gasteiger partial charge in [0.2, 0.25) is 0 Å². The van der Waals surface area contributed by atoms with E-state index in [4.69, 9.17) is 9.84 Å². The zero-order chi connectivity index (χ0) is 12.1. The Hall–Kier alpha value is -1.74. The number of hydrogen-bond donors (Lipinski definition) is 2. The van der Waals surface area contributed by atoms with E-state index in [2.05, 4.69) is 17.6 Å². The molecule has 2 N–H and O–H groups in total. The maximum absolute atomic E-state index is 11.2. The number of alkyl carbamates (subject to hydrolysis) is 1. The van der Waals surface area contributed by atoms with Gasteiger partial charge in [0.15, 0.2) is 6.04 Å². The summed E-state index contributed by atoms with van der Waals surface area (Å²) in [7, 11) is 0. The summed E-state index contributed by atoms with van der Waals surface area (Å²) in [6, 6.07) is -1.17. The molecule has 1 amide bonds. The molecule has 0 aromatic heterocycles. The molecule has 0 spiro atoms. The number of ether oxygens (including phenoxy) is 1. The Balaban J connectivity index is 4.37. The van der Waals surface area contributed by atoms with E-state index in [0.29, 0.717) is 0 Å². The molecule has 0 bridgehead atoms. The van der Waals surface area contributed by atoms with Crippen molar-refractivity contribution in [3.05, 3.63) is 18.4 Å². The van der Waals surface area contributed by atoms with Crippen LogP contribution in [0.15, 0.2) is 18.4 Å². The highest BCUT2D eigenvalue weighted by molar-refractivity contribution is 5.81. The van der Waals surface area contributed by atoms with Gasteiger partial charge in [-0.3, -0.25) is 0 Å². The molecule has 0 saturated carbocycles. The minimum atomic E-state index is -1.20. The van der Waals surface area contributed by atoms with Crippen molar-refractivity contribution in [1.29, 1.82) is 0 Å². The number of carbonyl (C=O) groups is 2. The van der Waals surface area contributed by atoms with E-state index in [1.54, 1.807) is 20.8 Å². The number of amides is 1. The lowest BCUT2D eigenvalue weighted by molar-refractivity contribution is -0.138. The van der Waals surface area contributed by atoms with Crippen LogP contribution in [0, 0.1) is 0 Å². The topological polar surface area (TPSA) is 75.6 Å². The average Bonchev–Trinajstić information content (AvgIpc) is 1.99. The number of carbonyl (C=O) groups excluding carboxylic acids is 1. The molecule has 5 heteroatoms. The Morgan fingerprint density at radius 3 is 2.40 bits per heavy atom. The van der Waals surface area contributed by atoms with Crippen molar-refractivity contribution in [2.75, 3.05) is 0 Å². The van der Waals surface area contributed by atoms with Crippen LogP contribution in [0.2, 0.25) is 0 Å². The van der Waals surface area contributed by atoms with E-state index in [-0.39, 0.29) is 0 Å². The minimum absolute atomic E-state index is 0.662. The fraction of sp³-hybridized carbons (Fsp3) is 0.500. The molecule has 1 atom stereocenters. The van der Waals surface area contributed by atoms with Gasteiger partial charge in [0.25, 0.3) is 0 Å². The van der Waals surface area contributed by atoms with Crippen molar-refractivity contribution in [3.8, 4) is 0 Å². The number of nitrogens with one attached hydrogen (secondary N) is 1. The third kappa shape index (κ3) is 6.35. The third-order valence-electron chi connectivity index (χ3n) is 1.22. The van der Waals surface area contributed by atoms with Gasteiger partial charge in [0.05, 0.1) is 0 Å². The highest BCUT2D eigenvalue weighted by atomic mass is 16.6. The van der Waals surface area contributed by atoms with E-state index in [1.165, 1.54) is 0 Å². The Morgan fingerprint density at radius 2 is 2.07 bits per heavy atom. The van der Waals surface area contributed by atoms with Crippen LogP contribution in [0.4, 0.5) is 4.79 Å². The summed E-state index contributed by atoms with van der Waals surface area (Å²) in [5, 5.41) is 10.8. The maximum atomic E-state index is 11.2. The fourth-order valence-electron chi connectivity index (χ4n) is 0.727. The molecule has 84 valence electrons. The molecule has 5 nitrogen and oxygen atoms in total. The van der Waals surface area contributed by atoms with Crippen molar-refractivity contribution in [2.24, 2.45) is 0 Å². The van der Waals surface area contributed by atoms with Gasteiger partial charge in [-0.2, -0.15) is 0 Å². The summed E-state index contributed by atoms with van der Waals surface area (Å²) < 4.78 is 4.88. The monoisotopic (exact) mass is 213 g/mol. The standard InChI is InChI=1S/C10H15NO4/c1-5-6-7(8(12)13)11-9(14)15-10(2,3)4/h6-7H,1H2,2-4H3,(H,11,14)(H,12,13)/t7-/m0/s1. The molecular weight excluding hydrogens is 198 g/mol. The first kappa shape index (κ1) is 13.3. The molecule has 0 aromatic carbocycles. The molecule has 0 unspecified atom stereocenters. The lowest BCUT2D eigenvalue weighted by Gasteiger charge is -2.20. The summed E-state index contributed by atoms with van der Waals surface area (Å²) in [6.07, 6.45) is 0.341. The largest absolute Gasteiger partial charge is 0.479 e. The van der Waals surface area contributed by atoms with E-state index in [1.807, 2.05) is 0 Å². The highest BCUT2D eigenvalue weighted by Crippen LogP contribution is 2.06. The molecule has 0 aliphatic rings. The van der Waals surface area contributed by atoms with Gasteiger partial charge < -0.3 is 15.2 Å². The van der Waals surface area contributed by atoms with Crippen molar-refractivity contribution in [3.63, 3.8) is 0 Å². The first-order valence-electron chi connectivity index (χ1n) is 4.34. The minimum Gasteiger partial charge on any atom is -0.479 e. The van der Waals surface area contributed by atoms with Gasteiger partial charge in [0.1, 0.15) is 5.60 Å². The van der Waals surface area contributed by atoms with E-state index >= 15 is 0 Å². The number of rotatable bonds is 3. The Bertz CT molecular complexity index is 295. The summed E-state index contributed by atoms with van der Waals surface area (Å²) >= 11 is 0. The molecule has 0 aliphatic heterocycles. The molecule has 0 radical (unpaired) electrons. The van der Waals surface area contributed by atoms with Gasteiger partial charge >= 0.3 is 12.1 Å². The number of hydrogen-bond acceptors (Lipinski definition) is 3. The van der Waals surface area contributed by atoms with Gasteiger partial charge in [-0.1, -0.05) is 6.58 Å². The zero-order valence-electron chi connectivity index (χ0n) is 9.03. The Labute approximate surface area is 88.4 Å². The predicted octanol–water partition coefficient (Wildman–Crippen LogP) is 1.31. The van der Waals surface area contributed by atoms with E-state index < -0.39 is 23.7 Å². The van der Waals surface area contributed by atoms with Crippen LogP contribution in [0.1, 0.15) is 20.8 Å². The summed E-state index contributed by atoms with van der Waals surface area (Å²) in [5.41, 5.74) is 1.63. The van der Waals surface area contributed by atoms with Crippen molar-refractivity contribution >= 4 is 12.1 Å². The second kappa shape index (κ2) is 5.22. The van der Waals surface area contributed by atoms with Crippen LogP contribution < -0.4 is 5.32 Å². The summed E-state index contributed by atoms with van der Waals surface area (Å²) in [4.78, 5) is 21.8. The molecule has 0 heterocycles. The first-order valence-corrected chi connectivity index (χ1v) is 4.34. The Morgan fingerprint density at radius 1 is 1.53 bits per heavy atom. The maximum Gasteiger partial charge on any atom is 0.408 e. The van der Waals surface area contributed by atoms with Crippen molar-refractivity contribution < 1.29 is 19.4 Å². The van der Waals surface area contributed by atoms with Crippen LogP contribution in [-0.2, 0) is 9.53 Å². The molecule has 0 aliphatic carbocycles. The average molecular weight is 213 g/mol. The molecule has 0 aromatic rings. The number of aliphatic carboxylic acids is 1. The first-order chi connectivity index (χ1) is 6.76. The Kier molecular flexibility index (Phi) is 4.61. The van der Waals surface area contributed by atoms with Crippen LogP contribution in [0.25, 0.3) is 0 Å². The van der Waals surface area contributed by atoms with E-state index in [9.17, 15) is 9.59 Å². The predicted molar refractivity (Wildman–Crippen MR) is 54.5 cm³/mol. The van der Waals surface area contributed by atoms with Gasteiger partial charge in [0, 0.05) is 0 Å². The van der Waals surface area contributed by atoms with Crippen LogP contribution >= 0.6 is 0 Å². The van der Waals surface area contributed by atoms with Gasteiger partial charge in [-0.25, -0.2) is 9.59 Å². The van der Waals surface area contributed by atoms with E-state index in [0.717, 1.165) is 6.08 Å². The summed E-state index contributed by atoms with van der Waals surface area (Å²) in [6.45, 7) is 8.29. The molecule has 15 heavy (non-hydrogen) atoms. The quantitative estimate of drug-likeness (QED) is 0.693. The summed E-state index contributed by atoms with van der Waals surface area (Å²) in [5.74, 6) is -1.20.